The first-order valence-electron chi connectivity index (χ1n) is 10.3. The Kier molecular flexibility index (Phi) is 4.16. The van der Waals surface area contributed by atoms with Crippen LogP contribution in [0.3, 0.4) is 0 Å². The van der Waals surface area contributed by atoms with Gasteiger partial charge in [0.1, 0.15) is 11.3 Å². The Balaban J connectivity index is 1.64. The van der Waals surface area contributed by atoms with E-state index in [0.717, 1.165) is 22.0 Å². The molecule has 0 saturated heterocycles. The molecule has 6 aromatic rings. The van der Waals surface area contributed by atoms with Crippen molar-refractivity contribution in [2.75, 3.05) is 7.11 Å². The third kappa shape index (κ3) is 3.02. The zero-order valence-corrected chi connectivity index (χ0v) is 17.5. The van der Waals surface area contributed by atoms with Crippen LogP contribution in [-0.4, -0.2) is 21.6 Å². The SMILES string of the molecule is COc1ccc(-n2c(=O)[nH]c3c(=O)oc4ccc(-c5cnc6ccccc6c5)cc4c32)cc1. The van der Waals surface area contributed by atoms with Gasteiger partial charge in [0.25, 0.3) is 0 Å². The summed E-state index contributed by atoms with van der Waals surface area (Å²) in [6.07, 6.45) is 1.81. The molecule has 0 unspecified atom stereocenters. The number of H-pyrrole nitrogens is 1. The van der Waals surface area contributed by atoms with Crippen LogP contribution in [-0.2, 0) is 0 Å². The lowest BCUT2D eigenvalue weighted by Gasteiger charge is -2.09. The minimum Gasteiger partial charge on any atom is -0.497 e. The number of aromatic nitrogens is 3. The fourth-order valence-electron chi connectivity index (χ4n) is 4.18. The van der Waals surface area contributed by atoms with Crippen LogP contribution in [0.25, 0.3) is 49.7 Å². The van der Waals surface area contributed by atoms with E-state index in [-0.39, 0.29) is 5.52 Å². The molecule has 0 amide bonds. The molecular weight excluding hydrogens is 418 g/mol. The van der Waals surface area contributed by atoms with Crippen molar-refractivity contribution in [2.45, 2.75) is 0 Å². The summed E-state index contributed by atoms with van der Waals surface area (Å²) in [5, 5.41) is 1.67. The molecule has 1 N–H and O–H groups in total. The summed E-state index contributed by atoms with van der Waals surface area (Å²) in [5.41, 5.74) is 3.30. The second kappa shape index (κ2) is 7.20. The van der Waals surface area contributed by atoms with Crippen molar-refractivity contribution in [2.24, 2.45) is 0 Å². The molecule has 0 spiro atoms. The van der Waals surface area contributed by atoms with Gasteiger partial charge < -0.3 is 9.15 Å². The van der Waals surface area contributed by atoms with E-state index in [1.54, 1.807) is 37.4 Å². The van der Waals surface area contributed by atoms with Crippen molar-refractivity contribution in [1.82, 2.24) is 14.5 Å². The molecular formula is C26H17N3O4. The third-order valence-corrected chi connectivity index (χ3v) is 5.79. The summed E-state index contributed by atoms with van der Waals surface area (Å²) < 4.78 is 12.2. The molecule has 160 valence electrons. The zero-order chi connectivity index (χ0) is 22.5. The second-order valence-corrected chi connectivity index (χ2v) is 7.70. The number of nitrogens with zero attached hydrogens (tertiary/aromatic N) is 2. The van der Waals surface area contributed by atoms with Gasteiger partial charge in [0.15, 0.2) is 5.52 Å². The van der Waals surface area contributed by atoms with Crippen molar-refractivity contribution in [3.05, 3.63) is 99.9 Å². The number of nitrogens with one attached hydrogen (secondary N) is 1. The standard InChI is InChI=1S/C26H17N3O4/c1-32-19-9-7-18(8-10-19)29-24-20-13-15(17-12-16-4-2-3-5-21(16)27-14-17)6-11-22(20)33-25(30)23(24)28-26(29)31/h2-14H,1H3,(H,28,31). The van der Waals surface area contributed by atoms with Crippen LogP contribution in [0.5, 0.6) is 5.75 Å². The number of rotatable bonds is 3. The summed E-state index contributed by atoms with van der Waals surface area (Å²) in [4.78, 5) is 32.7. The number of pyridine rings is 1. The molecule has 3 aromatic carbocycles. The lowest BCUT2D eigenvalue weighted by Crippen LogP contribution is -2.14. The number of fused-ring (bicyclic) bond motifs is 4. The maximum absolute atomic E-state index is 12.9. The Morgan fingerprint density at radius 3 is 2.58 bits per heavy atom. The average Bonchev–Trinajstić information content (AvgIpc) is 3.21. The van der Waals surface area contributed by atoms with Crippen LogP contribution in [0.4, 0.5) is 0 Å². The number of hydrogen-bond donors (Lipinski definition) is 1. The number of benzene rings is 3. The van der Waals surface area contributed by atoms with Crippen LogP contribution in [0, 0.1) is 0 Å². The number of hydrogen-bond acceptors (Lipinski definition) is 5. The van der Waals surface area contributed by atoms with Gasteiger partial charge in [-0.15, -0.1) is 0 Å². The smallest absolute Gasteiger partial charge is 0.362 e. The molecule has 0 saturated carbocycles. The van der Waals surface area contributed by atoms with Gasteiger partial charge in [0, 0.05) is 22.5 Å². The van der Waals surface area contributed by atoms with Crippen LogP contribution in [0.1, 0.15) is 0 Å². The molecule has 0 fully saturated rings. The minimum absolute atomic E-state index is 0.122. The van der Waals surface area contributed by atoms with Crippen LogP contribution in [0.15, 0.2) is 93.0 Å². The molecule has 0 aliphatic rings. The number of para-hydroxylation sites is 1. The first-order valence-corrected chi connectivity index (χ1v) is 10.3. The van der Waals surface area contributed by atoms with E-state index in [2.05, 4.69) is 16.0 Å². The predicted molar refractivity (Wildman–Crippen MR) is 127 cm³/mol. The molecule has 7 nitrogen and oxygen atoms in total. The summed E-state index contributed by atoms with van der Waals surface area (Å²) in [6, 6.07) is 22.6. The van der Waals surface area contributed by atoms with Gasteiger partial charge in [-0.3, -0.25) is 14.5 Å². The number of imidazole rings is 1. The monoisotopic (exact) mass is 435 g/mol. The van der Waals surface area contributed by atoms with E-state index in [1.165, 1.54) is 4.57 Å². The first-order chi connectivity index (χ1) is 16.1. The van der Waals surface area contributed by atoms with Crippen molar-refractivity contribution in [1.29, 1.82) is 0 Å². The summed E-state index contributed by atoms with van der Waals surface area (Å²) in [5.74, 6) is 0.669. The molecule has 0 aliphatic carbocycles. The maximum Gasteiger partial charge on any atom is 0.362 e. The molecule has 0 radical (unpaired) electrons. The van der Waals surface area contributed by atoms with E-state index in [9.17, 15) is 9.59 Å². The van der Waals surface area contributed by atoms with E-state index < -0.39 is 11.3 Å². The van der Waals surface area contributed by atoms with E-state index in [0.29, 0.717) is 27.9 Å². The van der Waals surface area contributed by atoms with Crippen LogP contribution >= 0.6 is 0 Å². The maximum atomic E-state index is 12.9. The molecule has 33 heavy (non-hydrogen) atoms. The Hall–Kier alpha value is -4.65. The quantitative estimate of drug-likeness (QED) is 0.409. The molecule has 3 aromatic heterocycles. The van der Waals surface area contributed by atoms with Gasteiger partial charge >= 0.3 is 11.3 Å². The van der Waals surface area contributed by atoms with Gasteiger partial charge in [-0.2, -0.15) is 0 Å². The zero-order valence-electron chi connectivity index (χ0n) is 17.5. The molecule has 6 rings (SSSR count). The van der Waals surface area contributed by atoms with Crippen LogP contribution < -0.4 is 16.1 Å². The normalized spacial score (nSPS) is 11.4. The lowest BCUT2D eigenvalue weighted by atomic mass is 10.0. The molecule has 3 heterocycles. The second-order valence-electron chi connectivity index (χ2n) is 7.70. The number of aromatic amines is 1. The molecule has 0 atom stereocenters. The predicted octanol–water partition coefficient (Wildman–Crippen LogP) is 4.65. The van der Waals surface area contributed by atoms with Gasteiger partial charge in [-0.1, -0.05) is 24.3 Å². The van der Waals surface area contributed by atoms with Crippen molar-refractivity contribution >= 4 is 32.9 Å². The van der Waals surface area contributed by atoms with Gasteiger partial charge in [-0.05, 0) is 54.1 Å². The molecule has 0 bridgehead atoms. The Morgan fingerprint density at radius 2 is 1.76 bits per heavy atom. The lowest BCUT2D eigenvalue weighted by molar-refractivity contribution is 0.414. The number of methoxy groups -OCH3 is 1. The van der Waals surface area contributed by atoms with Crippen LogP contribution in [0.2, 0.25) is 0 Å². The Morgan fingerprint density at radius 1 is 0.939 bits per heavy atom. The summed E-state index contributed by atoms with van der Waals surface area (Å²) in [7, 11) is 1.58. The third-order valence-electron chi connectivity index (χ3n) is 5.79. The highest BCUT2D eigenvalue weighted by molar-refractivity contribution is 6.03. The van der Waals surface area contributed by atoms with E-state index >= 15 is 0 Å². The van der Waals surface area contributed by atoms with E-state index in [1.807, 2.05) is 42.6 Å². The largest absolute Gasteiger partial charge is 0.497 e. The van der Waals surface area contributed by atoms with Crippen molar-refractivity contribution < 1.29 is 9.15 Å². The van der Waals surface area contributed by atoms with Crippen molar-refractivity contribution in [3.63, 3.8) is 0 Å². The highest BCUT2D eigenvalue weighted by atomic mass is 16.5. The molecule has 0 aliphatic heterocycles. The molecule has 7 heteroatoms. The fourth-order valence-corrected chi connectivity index (χ4v) is 4.18. The van der Waals surface area contributed by atoms with Gasteiger partial charge in [0.2, 0.25) is 0 Å². The van der Waals surface area contributed by atoms with Crippen molar-refractivity contribution in [3.8, 4) is 22.6 Å². The first kappa shape index (κ1) is 19.1. The Labute approximate surface area is 186 Å². The van der Waals surface area contributed by atoms with Gasteiger partial charge in [-0.25, -0.2) is 9.59 Å². The fraction of sp³-hybridized carbons (Fsp3) is 0.0385. The summed E-state index contributed by atoms with van der Waals surface area (Å²) in [6.45, 7) is 0. The van der Waals surface area contributed by atoms with E-state index in [4.69, 9.17) is 9.15 Å². The highest BCUT2D eigenvalue weighted by Gasteiger charge is 2.18. The Bertz CT molecular complexity index is 1790. The average molecular weight is 435 g/mol. The van der Waals surface area contributed by atoms with Gasteiger partial charge in [0.05, 0.1) is 23.8 Å². The minimum atomic E-state index is -0.595. The highest BCUT2D eigenvalue weighted by Crippen LogP contribution is 2.30. The number of ether oxygens (including phenoxy) is 1. The topological polar surface area (TPSA) is 90.1 Å². The summed E-state index contributed by atoms with van der Waals surface area (Å²) >= 11 is 0.